The number of carbonyl (C=O) groups excluding carboxylic acids is 1. The summed E-state index contributed by atoms with van der Waals surface area (Å²) in [4.78, 5) is 13.8. The smallest absolute Gasteiger partial charge is 0.319 e. The summed E-state index contributed by atoms with van der Waals surface area (Å²) in [6, 6.07) is 3.83. The molecule has 0 N–H and O–H groups in total. The van der Waals surface area contributed by atoms with Crippen molar-refractivity contribution in [3.8, 4) is 10.8 Å². The van der Waals surface area contributed by atoms with E-state index in [1.54, 1.807) is 11.9 Å². The molecule has 2 heterocycles. The van der Waals surface area contributed by atoms with E-state index in [9.17, 15) is 4.79 Å². The fraction of sp³-hybridized carbons (Fsp3) is 0.364. The maximum atomic E-state index is 11.1. The highest BCUT2D eigenvalue weighted by Crippen LogP contribution is 2.30. The van der Waals surface area contributed by atoms with Gasteiger partial charge in [-0.2, -0.15) is 0 Å². The van der Waals surface area contributed by atoms with Crippen LogP contribution in [0.3, 0.4) is 0 Å². The molecular formula is C11H12BrN3O3S. The predicted octanol–water partition coefficient (Wildman–Crippen LogP) is 2.17. The molecule has 0 fully saturated rings. The second-order valence-corrected chi connectivity index (χ2v) is 6.32. The molecule has 19 heavy (non-hydrogen) atoms. The molecule has 0 aliphatic rings. The highest BCUT2D eigenvalue weighted by atomic mass is 79.9. The Morgan fingerprint density at radius 2 is 2.32 bits per heavy atom. The van der Waals surface area contributed by atoms with Gasteiger partial charge in [0, 0.05) is 0 Å². The number of esters is 1. The molecule has 2 aromatic rings. The Labute approximate surface area is 122 Å². The molecule has 0 aliphatic heterocycles. The summed E-state index contributed by atoms with van der Waals surface area (Å²) in [5, 5.41) is 7.94. The standard InChI is InChI=1S/C11H12BrN3O3S/c1-15(6-10(16)17-2)5-9-13-14-11(18-9)7-3-4-8(12)19-7/h3-4H,5-6H2,1-2H3. The summed E-state index contributed by atoms with van der Waals surface area (Å²) < 4.78 is 11.1. The summed E-state index contributed by atoms with van der Waals surface area (Å²) in [5.74, 6) is 0.646. The summed E-state index contributed by atoms with van der Waals surface area (Å²) in [6.07, 6.45) is 0. The largest absolute Gasteiger partial charge is 0.468 e. The molecule has 0 saturated heterocycles. The quantitative estimate of drug-likeness (QED) is 0.773. The van der Waals surface area contributed by atoms with Crippen molar-refractivity contribution in [2.45, 2.75) is 6.54 Å². The minimum atomic E-state index is -0.301. The summed E-state index contributed by atoms with van der Waals surface area (Å²) in [7, 11) is 3.14. The van der Waals surface area contributed by atoms with Gasteiger partial charge in [-0.05, 0) is 35.1 Å². The van der Waals surface area contributed by atoms with Gasteiger partial charge < -0.3 is 9.15 Å². The number of ether oxygens (including phenoxy) is 1. The van der Waals surface area contributed by atoms with Crippen LogP contribution in [0.1, 0.15) is 5.89 Å². The lowest BCUT2D eigenvalue weighted by atomic mass is 10.5. The van der Waals surface area contributed by atoms with E-state index in [-0.39, 0.29) is 12.5 Å². The average molecular weight is 346 g/mol. The fourth-order valence-electron chi connectivity index (χ4n) is 1.42. The van der Waals surface area contributed by atoms with E-state index in [1.807, 2.05) is 12.1 Å². The zero-order valence-electron chi connectivity index (χ0n) is 10.4. The number of rotatable bonds is 5. The molecule has 0 saturated carbocycles. The second kappa shape index (κ2) is 6.27. The fourth-order valence-corrected chi connectivity index (χ4v) is 2.73. The van der Waals surface area contributed by atoms with Gasteiger partial charge in [0.15, 0.2) is 0 Å². The Morgan fingerprint density at radius 3 is 2.95 bits per heavy atom. The van der Waals surface area contributed by atoms with Crippen molar-refractivity contribution in [2.75, 3.05) is 20.7 Å². The molecular weight excluding hydrogens is 334 g/mol. The van der Waals surface area contributed by atoms with Crippen molar-refractivity contribution in [2.24, 2.45) is 0 Å². The first-order valence-corrected chi connectivity index (χ1v) is 7.03. The topological polar surface area (TPSA) is 68.5 Å². The lowest BCUT2D eigenvalue weighted by Crippen LogP contribution is -2.26. The Bertz CT molecular complexity index is 569. The van der Waals surface area contributed by atoms with Gasteiger partial charge in [-0.1, -0.05) is 0 Å². The third kappa shape index (κ3) is 3.85. The van der Waals surface area contributed by atoms with Gasteiger partial charge >= 0.3 is 5.97 Å². The van der Waals surface area contributed by atoms with Crippen LogP contribution in [0.5, 0.6) is 0 Å². The highest BCUT2D eigenvalue weighted by Gasteiger charge is 2.13. The molecule has 0 bridgehead atoms. The van der Waals surface area contributed by atoms with Gasteiger partial charge in [0.05, 0.1) is 28.9 Å². The number of nitrogens with zero attached hydrogens (tertiary/aromatic N) is 3. The molecule has 2 aromatic heterocycles. The van der Waals surface area contributed by atoms with Crippen molar-refractivity contribution >= 4 is 33.2 Å². The molecule has 2 rings (SSSR count). The van der Waals surface area contributed by atoms with Crippen LogP contribution in [0, 0.1) is 0 Å². The van der Waals surface area contributed by atoms with Crippen LogP contribution >= 0.6 is 27.3 Å². The highest BCUT2D eigenvalue weighted by molar-refractivity contribution is 9.11. The molecule has 0 spiro atoms. The third-order valence-corrected chi connectivity index (χ3v) is 3.89. The minimum absolute atomic E-state index is 0.179. The van der Waals surface area contributed by atoms with Crippen LogP contribution in [0.2, 0.25) is 0 Å². The van der Waals surface area contributed by atoms with Gasteiger partial charge in [0.1, 0.15) is 0 Å². The van der Waals surface area contributed by atoms with Crippen molar-refractivity contribution < 1.29 is 13.9 Å². The molecule has 0 atom stereocenters. The Kier molecular flexibility index (Phi) is 4.67. The van der Waals surface area contributed by atoms with Crippen LogP contribution in [0.25, 0.3) is 10.8 Å². The Hall–Kier alpha value is -1.25. The number of hydrogen-bond donors (Lipinski definition) is 0. The zero-order chi connectivity index (χ0) is 13.8. The van der Waals surface area contributed by atoms with Crippen LogP contribution in [-0.4, -0.2) is 41.8 Å². The summed E-state index contributed by atoms with van der Waals surface area (Å²) in [5.41, 5.74) is 0. The predicted molar refractivity (Wildman–Crippen MR) is 73.7 cm³/mol. The van der Waals surface area contributed by atoms with E-state index >= 15 is 0 Å². The molecule has 8 heteroatoms. The van der Waals surface area contributed by atoms with E-state index in [0.29, 0.717) is 18.3 Å². The van der Waals surface area contributed by atoms with Gasteiger partial charge in [0.25, 0.3) is 5.89 Å². The lowest BCUT2D eigenvalue weighted by molar-refractivity contribution is -0.141. The number of hydrogen-bond acceptors (Lipinski definition) is 7. The molecule has 0 radical (unpaired) electrons. The Morgan fingerprint density at radius 1 is 1.53 bits per heavy atom. The minimum Gasteiger partial charge on any atom is -0.468 e. The summed E-state index contributed by atoms with van der Waals surface area (Å²) >= 11 is 4.90. The Balaban J connectivity index is 1.99. The number of aromatic nitrogens is 2. The van der Waals surface area contributed by atoms with E-state index in [4.69, 9.17) is 4.42 Å². The third-order valence-electron chi connectivity index (χ3n) is 2.28. The van der Waals surface area contributed by atoms with Gasteiger partial charge in [-0.25, -0.2) is 0 Å². The zero-order valence-corrected chi connectivity index (χ0v) is 12.8. The maximum absolute atomic E-state index is 11.1. The molecule has 0 aliphatic carbocycles. The molecule has 0 unspecified atom stereocenters. The number of methoxy groups -OCH3 is 1. The number of carbonyl (C=O) groups is 1. The van der Waals surface area contributed by atoms with Crippen molar-refractivity contribution in [1.29, 1.82) is 0 Å². The molecule has 6 nitrogen and oxygen atoms in total. The van der Waals surface area contributed by atoms with Crippen molar-refractivity contribution in [1.82, 2.24) is 15.1 Å². The van der Waals surface area contributed by atoms with Crippen LogP contribution < -0.4 is 0 Å². The monoisotopic (exact) mass is 345 g/mol. The van der Waals surface area contributed by atoms with Crippen molar-refractivity contribution in [3.05, 3.63) is 21.8 Å². The lowest BCUT2D eigenvalue weighted by Gasteiger charge is -2.11. The van der Waals surface area contributed by atoms with E-state index < -0.39 is 0 Å². The van der Waals surface area contributed by atoms with Gasteiger partial charge in [-0.3, -0.25) is 9.69 Å². The first kappa shape index (κ1) is 14.2. The van der Waals surface area contributed by atoms with E-state index in [0.717, 1.165) is 8.66 Å². The average Bonchev–Trinajstić information content (AvgIpc) is 2.97. The molecule has 102 valence electrons. The van der Waals surface area contributed by atoms with Gasteiger partial charge in [0.2, 0.25) is 5.89 Å². The number of halogens is 1. The number of likely N-dealkylation sites (N-methyl/N-ethyl adjacent to an activating group) is 1. The second-order valence-electron chi connectivity index (χ2n) is 3.85. The number of thiophene rings is 1. The van der Waals surface area contributed by atoms with Crippen LogP contribution in [-0.2, 0) is 16.1 Å². The van der Waals surface area contributed by atoms with E-state index in [2.05, 4.69) is 30.9 Å². The first-order valence-electron chi connectivity index (χ1n) is 5.42. The summed E-state index contributed by atoms with van der Waals surface area (Å²) in [6.45, 7) is 0.577. The first-order chi connectivity index (χ1) is 9.08. The van der Waals surface area contributed by atoms with Crippen LogP contribution in [0.4, 0.5) is 0 Å². The maximum Gasteiger partial charge on any atom is 0.319 e. The normalized spacial score (nSPS) is 10.9. The van der Waals surface area contributed by atoms with Crippen LogP contribution in [0.15, 0.2) is 20.3 Å². The molecule has 0 aromatic carbocycles. The SMILES string of the molecule is COC(=O)CN(C)Cc1nnc(-c2ccc(Br)s2)o1. The molecule has 0 amide bonds. The van der Waals surface area contributed by atoms with E-state index in [1.165, 1.54) is 18.4 Å². The van der Waals surface area contributed by atoms with Gasteiger partial charge in [-0.15, -0.1) is 21.5 Å². The van der Waals surface area contributed by atoms with Crippen molar-refractivity contribution in [3.63, 3.8) is 0 Å².